The first-order chi connectivity index (χ1) is 7.45. The van der Waals surface area contributed by atoms with Gasteiger partial charge in [0.05, 0.1) is 10.6 Å². The minimum atomic E-state index is -2.98. The van der Waals surface area contributed by atoms with Crippen molar-refractivity contribution in [2.24, 2.45) is 0 Å². The van der Waals surface area contributed by atoms with Crippen LogP contribution < -0.4 is 0 Å². The molecule has 1 rings (SSSR count). The van der Waals surface area contributed by atoms with Crippen LogP contribution in [0.1, 0.15) is 37.0 Å². The van der Waals surface area contributed by atoms with Crippen molar-refractivity contribution in [2.75, 3.05) is 0 Å². The number of hydrogen-bond donors (Lipinski definition) is 1. The van der Waals surface area contributed by atoms with Crippen molar-refractivity contribution in [1.82, 2.24) is 0 Å². The number of phenols is 1. The van der Waals surface area contributed by atoms with Crippen molar-refractivity contribution in [3.05, 3.63) is 27.5 Å². The molecule has 0 saturated heterocycles. The van der Waals surface area contributed by atoms with Gasteiger partial charge in [0, 0.05) is 11.1 Å². The average Bonchev–Trinajstić information content (AvgIpc) is 2.18. The van der Waals surface area contributed by atoms with Crippen molar-refractivity contribution in [1.29, 1.82) is 0 Å². The van der Waals surface area contributed by atoms with Gasteiger partial charge in [0.15, 0.2) is 0 Å². The molecule has 0 bridgehead atoms. The number of halogens is 4. The Morgan fingerprint density at radius 2 is 1.69 bits per heavy atom. The van der Waals surface area contributed by atoms with Gasteiger partial charge in [-0.05, 0) is 12.8 Å². The maximum atomic E-state index is 13.6. The van der Waals surface area contributed by atoms with Crippen molar-refractivity contribution < 1.29 is 18.3 Å². The van der Waals surface area contributed by atoms with E-state index in [-0.39, 0.29) is 34.7 Å². The van der Waals surface area contributed by atoms with E-state index in [1.807, 2.05) is 0 Å². The van der Waals surface area contributed by atoms with E-state index in [1.165, 1.54) is 0 Å². The fraction of sp³-hybridized carbons (Fsp3) is 0.455. The monoisotopic (exact) mass is 252 g/mol. The molecule has 0 heterocycles. The highest BCUT2D eigenvalue weighted by Gasteiger charge is 2.26. The number of benzene rings is 1. The Labute approximate surface area is 96.9 Å². The standard InChI is InChI=1S/C11H12ClF3O/c1-3-5-8(12)7(11(14)15)9(13)6(4-2)10(5)16/h11,16H,3-4H2,1-2H3. The third-order valence-corrected chi connectivity index (χ3v) is 2.93. The Balaban J connectivity index is 3.63. The zero-order chi connectivity index (χ0) is 12.5. The molecule has 0 aromatic heterocycles. The highest BCUT2D eigenvalue weighted by molar-refractivity contribution is 6.32. The van der Waals surface area contributed by atoms with Crippen LogP contribution in [0.2, 0.25) is 5.02 Å². The minimum absolute atomic E-state index is 0.100. The molecule has 16 heavy (non-hydrogen) atoms. The molecule has 0 aliphatic heterocycles. The third kappa shape index (κ3) is 1.98. The van der Waals surface area contributed by atoms with Crippen LogP contribution in [0, 0.1) is 5.82 Å². The normalized spacial score (nSPS) is 11.2. The van der Waals surface area contributed by atoms with Crippen molar-refractivity contribution in [2.45, 2.75) is 33.1 Å². The summed E-state index contributed by atoms with van der Waals surface area (Å²) in [7, 11) is 0. The van der Waals surface area contributed by atoms with Crippen molar-refractivity contribution in [3.8, 4) is 5.75 Å². The quantitative estimate of drug-likeness (QED) is 0.853. The van der Waals surface area contributed by atoms with Gasteiger partial charge in [0.1, 0.15) is 11.6 Å². The van der Waals surface area contributed by atoms with E-state index in [0.717, 1.165) is 0 Å². The van der Waals surface area contributed by atoms with Gasteiger partial charge in [-0.25, -0.2) is 13.2 Å². The largest absolute Gasteiger partial charge is 0.507 e. The summed E-state index contributed by atoms with van der Waals surface area (Å²) in [6.45, 7) is 3.24. The number of alkyl halides is 2. The summed E-state index contributed by atoms with van der Waals surface area (Å²) in [5.74, 6) is -1.41. The maximum Gasteiger partial charge on any atom is 0.268 e. The summed E-state index contributed by atoms with van der Waals surface area (Å²) < 4.78 is 38.9. The molecule has 0 unspecified atom stereocenters. The fourth-order valence-electron chi connectivity index (χ4n) is 1.65. The number of phenolic OH excluding ortho intramolecular Hbond substituents is 1. The molecule has 90 valence electrons. The lowest BCUT2D eigenvalue weighted by atomic mass is 9.99. The summed E-state index contributed by atoms with van der Waals surface area (Å²) in [4.78, 5) is 0. The molecule has 0 fully saturated rings. The summed E-state index contributed by atoms with van der Waals surface area (Å²) in [5, 5.41) is 9.32. The Morgan fingerprint density at radius 1 is 1.19 bits per heavy atom. The molecule has 0 amide bonds. The second-order valence-electron chi connectivity index (χ2n) is 3.36. The molecule has 5 heteroatoms. The molecule has 0 aliphatic rings. The van der Waals surface area contributed by atoms with Gasteiger partial charge in [0.25, 0.3) is 6.43 Å². The molecular weight excluding hydrogens is 241 g/mol. The van der Waals surface area contributed by atoms with E-state index in [9.17, 15) is 18.3 Å². The fourth-order valence-corrected chi connectivity index (χ4v) is 2.04. The number of rotatable bonds is 3. The zero-order valence-electron chi connectivity index (χ0n) is 8.95. The summed E-state index contributed by atoms with van der Waals surface area (Å²) in [5.41, 5.74) is -0.736. The van der Waals surface area contributed by atoms with Gasteiger partial charge in [-0.2, -0.15) is 0 Å². The van der Waals surface area contributed by atoms with Crippen LogP contribution >= 0.6 is 11.6 Å². The Morgan fingerprint density at radius 3 is 2.06 bits per heavy atom. The summed E-state index contributed by atoms with van der Waals surface area (Å²) >= 11 is 5.66. The summed E-state index contributed by atoms with van der Waals surface area (Å²) in [6, 6.07) is 0. The van der Waals surface area contributed by atoms with Crippen LogP contribution in [0.25, 0.3) is 0 Å². The van der Waals surface area contributed by atoms with Crippen molar-refractivity contribution in [3.63, 3.8) is 0 Å². The molecule has 1 aromatic rings. The van der Waals surface area contributed by atoms with Gasteiger partial charge >= 0.3 is 0 Å². The topological polar surface area (TPSA) is 20.2 Å². The molecule has 0 atom stereocenters. The van der Waals surface area contributed by atoms with Gasteiger partial charge in [-0.1, -0.05) is 25.4 Å². The summed E-state index contributed by atoms with van der Waals surface area (Å²) in [6.07, 6.45) is -2.57. The SMILES string of the molecule is CCc1c(O)c(CC)c(Cl)c(C(F)F)c1F. The lowest BCUT2D eigenvalue weighted by Crippen LogP contribution is -2.03. The zero-order valence-corrected chi connectivity index (χ0v) is 9.71. The average molecular weight is 253 g/mol. The van der Waals surface area contributed by atoms with Crippen LogP contribution in [0.5, 0.6) is 5.75 Å². The van der Waals surface area contributed by atoms with Gasteiger partial charge in [-0.15, -0.1) is 0 Å². The molecule has 1 N–H and O–H groups in total. The number of hydrogen-bond acceptors (Lipinski definition) is 1. The first-order valence-corrected chi connectivity index (χ1v) is 5.33. The van der Waals surface area contributed by atoms with E-state index in [0.29, 0.717) is 0 Å². The molecule has 0 saturated carbocycles. The lowest BCUT2D eigenvalue weighted by Gasteiger charge is -2.15. The lowest BCUT2D eigenvalue weighted by molar-refractivity contribution is 0.146. The van der Waals surface area contributed by atoms with Crippen LogP contribution in [0.4, 0.5) is 13.2 Å². The second-order valence-corrected chi connectivity index (χ2v) is 3.73. The molecular formula is C11H12ClF3O. The first kappa shape index (κ1) is 13.2. The maximum absolute atomic E-state index is 13.6. The smallest absolute Gasteiger partial charge is 0.268 e. The molecule has 1 aromatic carbocycles. The van der Waals surface area contributed by atoms with Crippen LogP contribution in [-0.2, 0) is 12.8 Å². The van der Waals surface area contributed by atoms with Gasteiger partial charge in [-0.3, -0.25) is 0 Å². The minimum Gasteiger partial charge on any atom is -0.507 e. The van der Waals surface area contributed by atoms with E-state index in [1.54, 1.807) is 13.8 Å². The molecule has 0 aliphatic carbocycles. The highest BCUT2D eigenvalue weighted by atomic mass is 35.5. The molecule has 0 spiro atoms. The van der Waals surface area contributed by atoms with Crippen molar-refractivity contribution >= 4 is 11.6 Å². The predicted octanol–water partition coefficient (Wildman–Crippen LogP) is 4.25. The van der Waals surface area contributed by atoms with Gasteiger partial charge in [0.2, 0.25) is 0 Å². The molecule has 0 radical (unpaired) electrons. The third-order valence-electron chi connectivity index (χ3n) is 2.50. The number of aromatic hydroxyl groups is 1. The Kier molecular flexibility index (Phi) is 4.08. The Bertz CT molecular complexity index is 374. The first-order valence-electron chi connectivity index (χ1n) is 4.95. The van der Waals surface area contributed by atoms with E-state index in [4.69, 9.17) is 11.6 Å². The van der Waals surface area contributed by atoms with Crippen LogP contribution in [0.15, 0.2) is 0 Å². The van der Waals surface area contributed by atoms with Crippen LogP contribution in [0.3, 0.4) is 0 Å². The van der Waals surface area contributed by atoms with E-state index < -0.39 is 17.8 Å². The predicted molar refractivity (Wildman–Crippen MR) is 56.8 cm³/mol. The van der Waals surface area contributed by atoms with Gasteiger partial charge < -0.3 is 5.11 Å². The molecule has 1 nitrogen and oxygen atoms in total. The van der Waals surface area contributed by atoms with Crippen LogP contribution in [-0.4, -0.2) is 5.11 Å². The Hall–Kier alpha value is -0.900. The second kappa shape index (κ2) is 4.95. The highest BCUT2D eigenvalue weighted by Crippen LogP contribution is 2.40. The van der Waals surface area contributed by atoms with E-state index in [2.05, 4.69) is 0 Å². The van der Waals surface area contributed by atoms with E-state index >= 15 is 0 Å².